The van der Waals surface area contributed by atoms with Crippen LogP contribution in [0.3, 0.4) is 0 Å². The number of aromatic carboxylic acids is 1. The van der Waals surface area contributed by atoms with Gasteiger partial charge in [-0.1, -0.05) is 0 Å². The number of fused-ring (bicyclic) bond motifs is 1. The van der Waals surface area contributed by atoms with Crippen LogP contribution in [0.5, 0.6) is 5.75 Å². The van der Waals surface area contributed by atoms with Crippen molar-refractivity contribution in [2.24, 2.45) is 0 Å². The monoisotopic (exact) mass is 389 g/mol. The molecule has 1 aliphatic carbocycles. The summed E-state index contributed by atoms with van der Waals surface area (Å²) in [5, 5.41) is 17.7. The van der Waals surface area contributed by atoms with Crippen LogP contribution in [0, 0.1) is 0 Å². The molecule has 0 spiro atoms. The van der Waals surface area contributed by atoms with Crippen molar-refractivity contribution in [3.05, 3.63) is 23.9 Å². The molecule has 2 N–H and O–H groups in total. The lowest BCUT2D eigenvalue weighted by atomic mass is 9.91. The molecule has 152 valence electrons. The number of nitrogens with zero attached hydrogens (tertiary/aromatic N) is 2. The van der Waals surface area contributed by atoms with Gasteiger partial charge in [-0.25, -0.2) is 9.59 Å². The summed E-state index contributed by atoms with van der Waals surface area (Å²) >= 11 is 0. The number of amides is 1. The molecule has 8 nitrogen and oxygen atoms in total. The van der Waals surface area contributed by atoms with E-state index in [1.165, 1.54) is 7.11 Å². The van der Waals surface area contributed by atoms with Crippen molar-refractivity contribution in [1.82, 2.24) is 15.1 Å². The molecule has 1 aromatic carbocycles. The van der Waals surface area contributed by atoms with Gasteiger partial charge in [0.15, 0.2) is 0 Å². The second-order valence-corrected chi connectivity index (χ2v) is 8.18. The van der Waals surface area contributed by atoms with Crippen molar-refractivity contribution in [1.29, 1.82) is 0 Å². The Labute approximate surface area is 163 Å². The van der Waals surface area contributed by atoms with E-state index in [0.717, 1.165) is 31.1 Å². The van der Waals surface area contributed by atoms with Gasteiger partial charge in [-0.3, -0.25) is 4.68 Å². The smallest absolute Gasteiger partial charge is 0.407 e. The van der Waals surface area contributed by atoms with E-state index in [1.807, 2.05) is 31.6 Å². The number of benzene rings is 1. The maximum absolute atomic E-state index is 11.9. The topological polar surface area (TPSA) is 103 Å². The molecule has 0 bridgehead atoms. The fourth-order valence-corrected chi connectivity index (χ4v) is 3.55. The lowest BCUT2D eigenvalue weighted by Gasteiger charge is -2.30. The van der Waals surface area contributed by atoms with Gasteiger partial charge in [0.25, 0.3) is 0 Å². The number of carbonyl (C=O) groups excluding carboxylic acids is 1. The van der Waals surface area contributed by atoms with E-state index < -0.39 is 11.6 Å². The quantitative estimate of drug-likeness (QED) is 0.825. The van der Waals surface area contributed by atoms with Gasteiger partial charge >= 0.3 is 12.1 Å². The number of methoxy groups -OCH3 is 1. The van der Waals surface area contributed by atoms with Crippen LogP contribution < -0.4 is 10.1 Å². The number of hydrogen-bond donors (Lipinski definition) is 2. The van der Waals surface area contributed by atoms with Crippen LogP contribution in [0.15, 0.2) is 18.3 Å². The highest BCUT2D eigenvalue weighted by Gasteiger charge is 2.26. The molecule has 3 rings (SSSR count). The molecule has 1 fully saturated rings. The number of rotatable bonds is 4. The molecule has 1 amide bonds. The number of aromatic nitrogens is 2. The standard InChI is InChI=1S/C20H27N3O5/c1-20(2,3)28-19(26)21-13-5-7-14(8-6-13)23-11-12-9-15(18(24)25)17(27-4)10-16(12)22-23/h9-11,13-14H,5-8H2,1-4H3,(H,21,26)(H,24,25)/t13-,14-. The minimum atomic E-state index is -1.03. The Morgan fingerprint density at radius 2 is 1.89 bits per heavy atom. The van der Waals surface area contributed by atoms with Gasteiger partial charge in [-0.15, -0.1) is 0 Å². The minimum absolute atomic E-state index is 0.0924. The zero-order valence-electron chi connectivity index (χ0n) is 16.7. The molecule has 1 aromatic heterocycles. The summed E-state index contributed by atoms with van der Waals surface area (Å²) in [6, 6.07) is 3.55. The Hall–Kier alpha value is -2.77. The maximum Gasteiger partial charge on any atom is 0.407 e. The first kappa shape index (κ1) is 20.0. The fraction of sp³-hybridized carbons (Fsp3) is 0.550. The summed E-state index contributed by atoms with van der Waals surface area (Å²) in [6.45, 7) is 5.53. The SMILES string of the molecule is COc1cc2nn([C@H]3CC[C@H](NC(=O)OC(C)(C)C)CC3)cc2cc1C(=O)O. The molecule has 0 radical (unpaired) electrons. The first-order valence-corrected chi connectivity index (χ1v) is 9.46. The van der Waals surface area contributed by atoms with E-state index in [1.54, 1.807) is 12.1 Å². The number of carboxylic acids is 1. The predicted octanol–water partition coefficient (Wildman–Crippen LogP) is 3.75. The van der Waals surface area contributed by atoms with Crippen molar-refractivity contribution in [3.8, 4) is 5.75 Å². The van der Waals surface area contributed by atoms with Gasteiger partial charge in [-0.2, -0.15) is 5.10 Å². The van der Waals surface area contributed by atoms with Crippen molar-refractivity contribution in [2.45, 2.75) is 64.1 Å². The summed E-state index contributed by atoms with van der Waals surface area (Å²) in [5.74, 6) is -0.726. The summed E-state index contributed by atoms with van der Waals surface area (Å²) in [5.41, 5.74) is 0.322. The lowest BCUT2D eigenvalue weighted by molar-refractivity contribution is 0.0487. The highest BCUT2D eigenvalue weighted by molar-refractivity contribution is 5.96. The third kappa shape index (κ3) is 4.55. The second-order valence-electron chi connectivity index (χ2n) is 8.18. The van der Waals surface area contributed by atoms with E-state index in [2.05, 4.69) is 10.4 Å². The van der Waals surface area contributed by atoms with Crippen LogP contribution in [0.1, 0.15) is 62.9 Å². The molecule has 0 atom stereocenters. The first-order chi connectivity index (χ1) is 13.2. The molecule has 1 saturated carbocycles. The summed E-state index contributed by atoms with van der Waals surface area (Å²) in [6.07, 6.45) is 4.92. The molecule has 0 unspecified atom stereocenters. The summed E-state index contributed by atoms with van der Waals surface area (Å²) < 4.78 is 12.4. The predicted molar refractivity (Wildman–Crippen MR) is 104 cm³/mol. The van der Waals surface area contributed by atoms with Crippen molar-refractivity contribution in [3.63, 3.8) is 0 Å². The van der Waals surface area contributed by atoms with Crippen molar-refractivity contribution in [2.75, 3.05) is 7.11 Å². The first-order valence-electron chi connectivity index (χ1n) is 9.46. The van der Waals surface area contributed by atoms with Crippen LogP contribution in [-0.4, -0.2) is 45.7 Å². The third-order valence-electron chi connectivity index (χ3n) is 4.87. The highest BCUT2D eigenvalue weighted by atomic mass is 16.6. The van der Waals surface area contributed by atoms with Gasteiger partial charge in [0.1, 0.15) is 16.9 Å². The largest absolute Gasteiger partial charge is 0.496 e. The Kier molecular flexibility index (Phi) is 5.49. The second kappa shape index (κ2) is 7.69. The number of alkyl carbamates (subject to hydrolysis) is 1. The molecule has 2 aromatic rings. The van der Waals surface area contributed by atoms with E-state index >= 15 is 0 Å². The van der Waals surface area contributed by atoms with Crippen LogP contribution in [0.25, 0.3) is 10.9 Å². The van der Waals surface area contributed by atoms with Crippen LogP contribution in [0.2, 0.25) is 0 Å². The Morgan fingerprint density at radius 3 is 2.46 bits per heavy atom. The lowest BCUT2D eigenvalue weighted by Crippen LogP contribution is -2.41. The highest BCUT2D eigenvalue weighted by Crippen LogP contribution is 2.31. The Balaban J connectivity index is 1.66. The minimum Gasteiger partial charge on any atom is -0.496 e. The number of hydrogen-bond acceptors (Lipinski definition) is 5. The molecule has 0 saturated heterocycles. The molecule has 28 heavy (non-hydrogen) atoms. The fourth-order valence-electron chi connectivity index (χ4n) is 3.55. The van der Waals surface area contributed by atoms with E-state index in [0.29, 0.717) is 11.3 Å². The molecule has 1 aliphatic rings. The van der Waals surface area contributed by atoms with Gasteiger partial charge in [-0.05, 0) is 52.5 Å². The summed E-state index contributed by atoms with van der Waals surface area (Å²) in [7, 11) is 1.45. The van der Waals surface area contributed by atoms with Crippen LogP contribution >= 0.6 is 0 Å². The molecule has 8 heteroatoms. The van der Waals surface area contributed by atoms with Crippen molar-refractivity contribution >= 4 is 23.0 Å². The Morgan fingerprint density at radius 1 is 1.21 bits per heavy atom. The average molecular weight is 389 g/mol. The normalized spacial score (nSPS) is 20.0. The molecular weight excluding hydrogens is 362 g/mol. The van der Waals surface area contributed by atoms with Gasteiger partial charge < -0.3 is 19.9 Å². The Bertz CT molecular complexity index is 876. The van der Waals surface area contributed by atoms with Gasteiger partial charge in [0.2, 0.25) is 0 Å². The number of ether oxygens (including phenoxy) is 2. The van der Waals surface area contributed by atoms with Crippen LogP contribution in [-0.2, 0) is 4.74 Å². The van der Waals surface area contributed by atoms with Gasteiger partial charge in [0.05, 0.1) is 18.7 Å². The molecule has 1 heterocycles. The molecular formula is C20H27N3O5. The van der Waals surface area contributed by atoms with E-state index in [9.17, 15) is 14.7 Å². The van der Waals surface area contributed by atoms with E-state index in [-0.39, 0.29) is 23.7 Å². The summed E-state index contributed by atoms with van der Waals surface area (Å²) in [4.78, 5) is 23.3. The number of carboxylic acid groups (broad SMARTS) is 1. The van der Waals surface area contributed by atoms with E-state index in [4.69, 9.17) is 9.47 Å². The number of carbonyl (C=O) groups is 2. The van der Waals surface area contributed by atoms with Crippen molar-refractivity contribution < 1.29 is 24.2 Å². The number of nitrogens with one attached hydrogen (secondary N) is 1. The third-order valence-corrected chi connectivity index (χ3v) is 4.87. The van der Waals surface area contributed by atoms with Crippen LogP contribution in [0.4, 0.5) is 4.79 Å². The zero-order valence-corrected chi connectivity index (χ0v) is 16.7. The maximum atomic E-state index is 11.9. The van der Waals surface area contributed by atoms with Gasteiger partial charge in [0, 0.05) is 23.7 Å². The zero-order chi connectivity index (χ0) is 20.5. The average Bonchev–Trinajstić information content (AvgIpc) is 3.02. The molecule has 0 aliphatic heterocycles.